The quantitative estimate of drug-likeness (QED) is 0.655. The molecular weight excluding hydrogens is 432 g/mol. The second kappa shape index (κ2) is 7.93. The summed E-state index contributed by atoms with van der Waals surface area (Å²) in [5, 5.41) is 22.3. The number of anilines is 1. The van der Waals surface area contributed by atoms with Gasteiger partial charge in [-0.15, -0.1) is 11.3 Å². The molecule has 1 aromatic heterocycles. The molecule has 0 radical (unpaired) electrons. The Morgan fingerprint density at radius 1 is 1.16 bits per heavy atom. The van der Waals surface area contributed by atoms with Gasteiger partial charge in [-0.2, -0.15) is 10.2 Å². The van der Waals surface area contributed by atoms with E-state index in [4.69, 9.17) is 0 Å². The molecule has 0 spiro atoms. The largest absolute Gasteiger partial charge is 0.477 e. The monoisotopic (exact) mass is 452 g/mol. The minimum Gasteiger partial charge on any atom is -0.477 e. The number of benzene rings is 1. The van der Waals surface area contributed by atoms with Gasteiger partial charge in [0.1, 0.15) is 16.6 Å². The number of carboxylic acid groups (broad SMARTS) is 1. The Hall–Kier alpha value is -3.41. The van der Waals surface area contributed by atoms with Gasteiger partial charge in [0.2, 0.25) is 0 Å². The lowest BCUT2D eigenvalue weighted by Gasteiger charge is -2.32. The SMILES string of the molecule is CN1CCN(NC(=O)Nc2cccc3c2C(=O)C2=C(c4ccc(C(=O)O)s4)N=NC23)CC1. The summed E-state index contributed by atoms with van der Waals surface area (Å²) in [5.41, 5.74) is 5.11. The van der Waals surface area contributed by atoms with Crippen molar-refractivity contribution >= 4 is 40.5 Å². The maximum absolute atomic E-state index is 13.4. The summed E-state index contributed by atoms with van der Waals surface area (Å²) in [5.74, 6) is -1.29. The number of likely N-dealkylation sites (N-methyl/N-ethyl adjacent to an activating group) is 1. The average molecular weight is 452 g/mol. The van der Waals surface area contributed by atoms with Crippen molar-refractivity contribution in [2.75, 3.05) is 38.5 Å². The van der Waals surface area contributed by atoms with E-state index < -0.39 is 18.0 Å². The molecule has 1 fully saturated rings. The minimum atomic E-state index is -1.03. The van der Waals surface area contributed by atoms with Gasteiger partial charge in [-0.1, -0.05) is 12.1 Å². The number of fused-ring (bicyclic) bond motifs is 3. The predicted octanol–water partition coefficient (Wildman–Crippen LogP) is 2.84. The number of carbonyl (C=O) groups excluding carboxylic acids is 2. The molecule has 164 valence electrons. The van der Waals surface area contributed by atoms with E-state index in [0.717, 1.165) is 24.4 Å². The van der Waals surface area contributed by atoms with Gasteiger partial charge in [0, 0.05) is 26.2 Å². The molecule has 5 rings (SSSR count). The van der Waals surface area contributed by atoms with Crippen LogP contribution in [0.1, 0.15) is 36.5 Å². The Morgan fingerprint density at radius 3 is 2.66 bits per heavy atom. The molecule has 1 aromatic carbocycles. The van der Waals surface area contributed by atoms with Crippen molar-refractivity contribution in [3.63, 3.8) is 0 Å². The first kappa shape index (κ1) is 20.5. The summed E-state index contributed by atoms with van der Waals surface area (Å²) >= 11 is 1.05. The highest BCUT2D eigenvalue weighted by Crippen LogP contribution is 2.49. The maximum Gasteiger partial charge on any atom is 0.345 e. The summed E-state index contributed by atoms with van der Waals surface area (Å²) in [6.45, 7) is 3.14. The fourth-order valence-electron chi connectivity index (χ4n) is 4.07. The van der Waals surface area contributed by atoms with E-state index in [1.54, 1.807) is 24.3 Å². The Bertz CT molecular complexity index is 1190. The van der Waals surface area contributed by atoms with Crippen molar-refractivity contribution in [1.29, 1.82) is 0 Å². The highest BCUT2D eigenvalue weighted by Gasteiger charge is 2.42. The number of amides is 2. The van der Waals surface area contributed by atoms with Crippen molar-refractivity contribution in [2.45, 2.75) is 6.04 Å². The summed E-state index contributed by atoms with van der Waals surface area (Å²) in [7, 11) is 2.03. The predicted molar refractivity (Wildman–Crippen MR) is 118 cm³/mol. The number of hydrazine groups is 1. The fourth-order valence-corrected chi connectivity index (χ4v) is 4.91. The Kier molecular flexibility index (Phi) is 5.08. The van der Waals surface area contributed by atoms with Crippen molar-refractivity contribution in [1.82, 2.24) is 15.3 Å². The lowest BCUT2D eigenvalue weighted by Crippen LogP contribution is -2.53. The van der Waals surface area contributed by atoms with E-state index in [-0.39, 0.29) is 10.7 Å². The number of urea groups is 1. The molecule has 3 heterocycles. The standard InChI is InChI=1S/C21H20N6O4S/c1-26-7-9-27(10-8-26)25-21(31)22-12-4-2-3-11-15(12)19(28)16-17(11)23-24-18(16)13-5-6-14(32-13)20(29)30/h2-6,17H,7-10H2,1H3,(H,29,30)(H2,22,25,31). The van der Waals surface area contributed by atoms with Gasteiger partial charge in [0.15, 0.2) is 5.78 Å². The molecule has 32 heavy (non-hydrogen) atoms. The molecule has 2 aromatic rings. The van der Waals surface area contributed by atoms with Crippen LogP contribution in [0, 0.1) is 0 Å². The molecular formula is C21H20N6O4S. The normalized spacial score (nSPS) is 20.4. The van der Waals surface area contributed by atoms with Gasteiger partial charge in [0.25, 0.3) is 0 Å². The second-order valence-corrected chi connectivity index (χ2v) is 8.89. The number of thiophene rings is 1. The lowest BCUT2D eigenvalue weighted by molar-refractivity contribution is 0.0702. The van der Waals surface area contributed by atoms with Gasteiger partial charge in [-0.05, 0) is 30.8 Å². The van der Waals surface area contributed by atoms with E-state index in [9.17, 15) is 19.5 Å². The highest BCUT2D eigenvalue weighted by molar-refractivity contribution is 7.15. The molecule has 3 N–H and O–H groups in total. The molecule has 11 heteroatoms. The van der Waals surface area contributed by atoms with Crippen LogP contribution < -0.4 is 10.7 Å². The lowest BCUT2D eigenvalue weighted by atomic mass is 10.1. The minimum absolute atomic E-state index is 0.164. The highest BCUT2D eigenvalue weighted by atomic mass is 32.1. The van der Waals surface area contributed by atoms with Crippen LogP contribution in [0.15, 0.2) is 46.1 Å². The Labute approximate surface area is 187 Å². The topological polar surface area (TPSA) is 127 Å². The number of carboxylic acids is 1. The molecule has 2 amide bonds. The third-order valence-electron chi connectivity index (χ3n) is 5.73. The van der Waals surface area contributed by atoms with Crippen LogP contribution in [0.3, 0.4) is 0 Å². The zero-order valence-corrected chi connectivity index (χ0v) is 18.0. The zero-order valence-electron chi connectivity index (χ0n) is 17.2. The average Bonchev–Trinajstić information content (AvgIpc) is 3.47. The molecule has 1 saturated heterocycles. The van der Waals surface area contributed by atoms with E-state index in [2.05, 4.69) is 25.9 Å². The molecule has 1 aliphatic carbocycles. The first-order chi connectivity index (χ1) is 15.4. The number of nitrogens with one attached hydrogen (secondary N) is 2. The summed E-state index contributed by atoms with van der Waals surface area (Å²) in [4.78, 5) is 40.1. The Morgan fingerprint density at radius 2 is 1.94 bits per heavy atom. The number of piperazine rings is 1. The molecule has 0 saturated carbocycles. The van der Waals surface area contributed by atoms with Crippen LogP contribution in [0.5, 0.6) is 0 Å². The second-order valence-electron chi connectivity index (χ2n) is 7.80. The van der Waals surface area contributed by atoms with Crippen molar-refractivity contribution in [2.24, 2.45) is 10.2 Å². The number of rotatable bonds is 4. The molecule has 10 nitrogen and oxygen atoms in total. The van der Waals surface area contributed by atoms with Crippen LogP contribution in [-0.4, -0.2) is 66.0 Å². The van der Waals surface area contributed by atoms with Crippen molar-refractivity contribution in [3.8, 4) is 0 Å². The summed E-state index contributed by atoms with van der Waals surface area (Å²) < 4.78 is 0. The van der Waals surface area contributed by atoms with Crippen LogP contribution in [-0.2, 0) is 0 Å². The Balaban J connectivity index is 1.40. The van der Waals surface area contributed by atoms with Gasteiger partial charge >= 0.3 is 12.0 Å². The number of hydrogen-bond acceptors (Lipinski definition) is 8. The van der Waals surface area contributed by atoms with E-state index in [1.165, 1.54) is 6.07 Å². The number of aromatic carboxylic acids is 1. The molecule has 2 aliphatic heterocycles. The van der Waals surface area contributed by atoms with Crippen LogP contribution in [0.2, 0.25) is 0 Å². The number of nitrogens with zero attached hydrogens (tertiary/aromatic N) is 4. The first-order valence-corrected chi connectivity index (χ1v) is 10.9. The van der Waals surface area contributed by atoms with Gasteiger partial charge < -0.3 is 15.3 Å². The van der Waals surface area contributed by atoms with E-state index >= 15 is 0 Å². The molecule has 1 unspecified atom stereocenters. The third-order valence-corrected chi connectivity index (χ3v) is 6.81. The number of carbonyl (C=O) groups is 3. The maximum atomic E-state index is 13.4. The number of azo groups is 1. The van der Waals surface area contributed by atoms with Crippen LogP contribution in [0.4, 0.5) is 10.5 Å². The molecule has 0 bridgehead atoms. The molecule has 1 atom stereocenters. The number of Topliss-reactive ketones (excluding diaryl/α,β-unsaturated/α-hetero) is 1. The first-order valence-electron chi connectivity index (χ1n) is 10.1. The smallest absolute Gasteiger partial charge is 0.345 e. The summed E-state index contributed by atoms with van der Waals surface area (Å²) in [6, 6.07) is 7.41. The third kappa shape index (κ3) is 3.49. The van der Waals surface area contributed by atoms with E-state index in [0.29, 0.717) is 46.1 Å². The summed E-state index contributed by atoms with van der Waals surface area (Å²) in [6.07, 6.45) is 0. The van der Waals surface area contributed by atoms with Crippen LogP contribution >= 0.6 is 11.3 Å². The fraction of sp³-hybridized carbons (Fsp3) is 0.286. The number of hydrogen-bond donors (Lipinski definition) is 3. The molecule has 3 aliphatic rings. The van der Waals surface area contributed by atoms with E-state index in [1.807, 2.05) is 12.1 Å². The number of ketones is 1. The van der Waals surface area contributed by atoms with Crippen molar-refractivity contribution < 1.29 is 19.5 Å². The zero-order chi connectivity index (χ0) is 22.4. The van der Waals surface area contributed by atoms with Gasteiger partial charge in [-0.25, -0.2) is 14.6 Å². The van der Waals surface area contributed by atoms with Crippen LogP contribution in [0.25, 0.3) is 5.70 Å². The van der Waals surface area contributed by atoms with Crippen molar-refractivity contribution in [3.05, 3.63) is 56.8 Å². The van der Waals surface area contributed by atoms with Gasteiger partial charge in [-0.3, -0.25) is 10.2 Å². The van der Waals surface area contributed by atoms with Gasteiger partial charge in [0.05, 0.1) is 21.7 Å².